The van der Waals surface area contributed by atoms with Gasteiger partial charge in [-0.2, -0.15) is 0 Å². The average molecular weight is 472 g/mol. The molecule has 0 aromatic heterocycles. The van der Waals surface area contributed by atoms with Crippen LogP contribution in [0.15, 0.2) is 78.4 Å². The van der Waals surface area contributed by atoms with Crippen molar-refractivity contribution in [3.8, 4) is 11.5 Å². The Morgan fingerprint density at radius 3 is 2.31 bits per heavy atom. The van der Waals surface area contributed by atoms with Gasteiger partial charge in [-0.3, -0.25) is 19.3 Å². The van der Waals surface area contributed by atoms with Gasteiger partial charge >= 0.3 is 0 Å². The number of carbonyl (C=O) groups excluding carboxylic acids is 3. The van der Waals surface area contributed by atoms with Gasteiger partial charge in [0.05, 0.1) is 25.8 Å². The number of hydrogen-bond donors (Lipinski definition) is 2. The highest BCUT2D eigenvalue weighted by atomic mass is 16.5. The molecule has 3 aromatic rings. The van der Waals surface area contributed by atoms with Crippen molar-refractivity contribution in [3.63, 3.8) is 0 Å². The Hall–Kier alpha value is -4.59. The van der Waals surface area contributed by atoms with Gasteiger partial charge in [0.2, 0.25) is 5.91 Å². The number of nitrogens with one attached hydrogen (secondary N) is 1. The number of Topliss-reactive ketones (excluding diaryl/α,β-unsaturated/α-hetero) is 1. The predicted octanol–water partition coefficient (Wildman–Crippen LogP) is 4.29. The van der Waals surface area contributed by atoms with Crippen molar-refractivity contribution in [2.24, 2.45) is 0 Å². The Morgan fingerprint density at radius 2 is 1.66 bits per heavy atom. The second kappa shape index (κ2) is 9.72. The first-order valence-electron chi connectivity index (χ1n) is 10.8. The minimum absolute atomic E-state index is 0.0744. The molecule has 2 N–H and O–H groups in total. The van der Waals surface area contributed by atoms with E-state index in [1.54, 1.807) is 72.8 Å². The molecule has 1 saturated heterocycles. The molecule has 4 rings (SSSR count). The first-order valence-corrected chi connectivity index (χ1v) is 10.8. The van der Waals surface area contributed by atoms with E-state index in [-0.39, 0.29) is 17.2 Å². The standard InChI is InChI=1S/C27H24N2O6/c1-16(30)28-18-7-6-8-19(15-18)29-24(21-9-4-5-10-22(21)35-3)23(26(32)27(29)33)25(31)17-11-13-20(34-2)14-12-17/h4-15,24,31H,1-3H3,(H,28,30)/b25-23+. The molecule has 0 aliphatic carbocycles. The van der Waals surface area contributed by atoms with Crippen LogP contribution < -0.4 is 19.7 Å². The molecule has 8 heteroatoms. The number of amides is 2. The maximum atomic E-state index is 13.4. The predicted molar refractivity (Wildman–Crippen MR) is 132 cm³/mol. The van der Waals surface area contributed by atoms with E-state index in [4.69, 9.17) is 9.47 Å². The molecule has 1 aliphatic heterocycles. The van der Waals surface area contributed by atoms with Crippen LogP contribution in [0.4, 0.5) is 11.4 Å². The zero-order chi connectivity index (χ0) is 25.1. The number of para-hydroxylation sites is 1. The Bertz CT molecular complexity index is 1330. The number of ether oxygens (including phenoxy) is 2. The summed E-state index contributed by atoms with van der Waals surface area (Å²) in [5, 5.41) is 13.9. The molecule has 0 spiro atoms. The van der Waals surface area contributed by atoms with Crippen LogP contribution in [0, 0.1) is 0 Å². The van der Waals surface area contributed by atoms with Crippen LogP contribution >= 0.6 is 0 Å². The molecule has 178 valence electrons. The van der Waals surface area contributed by atoms with Crippen LogP contribution in [0.2, 0.25) is 0 Å². The second-order valence-electron chi connectivity index (χ2n) is 7.87. The normalized spacial score (nSPS) is 16.8. The Morgan fingerprint density at radius 1 is 0.943 bits per heavy atom. The summed E-state index contributed by atoms with van der Waals surface area (Å²) in [6.07, 6.45) is 0. The maximum Gasteiger partial charge on any atom is 0.300 e. The summed E-state index contributed by atoms with van der Waals surface area (Å²) in [7, 11) is 3.02. The molecular weight excluding hydrogens is 448 g/mol. The van der Waals surface area contributed by atoms with Gasteiger partial charge in [-0.15, -0.1) is 0 Å². The fraction of sp³-hybridized carbons (Fsp3) is 0.148. The zero-order valence-corrected chi connectivity index (χ0v) is 19.4. The molecule has 0 saturated carbocycles. The molecule has 3 aromatic carbocycles. The first-order chi connectivity index (χ1) is 16.8. The zero-order valence-electron chi connectivity index (χ0n) is 19.4. The fourth-order valence-corrected chi connectivity index (χ4v) is 4.13. The third-order valence-corrected chi connectivity index (χ3v) is 5.69. The van der Waals surface area contributed by atoms with Crippen molar-refractivity contribution >= 4 is 34.7 Å². The van der Waals surface area contributed by atoms with E-state index >= 15 is 0 Å². The molecule has 0 radical (unpaired) electrons. The van der Waals surface area contributed by atoms with E-state index < -0.39 is 17.7 Å². The highest BCUT2D eigenvalue weighted by Crippen LogP contribution is 2.45. The summed E-state index contributed by atoms with van der Waals surface area (Å²) in [5.74, 6) is -1.20. The lowest BCUT2D eigenvalue weighted by Crippen LogP contribution is -2.29. The van der Waals surface area contributed by atoms with Crippen LogP contribution in [-0.2, 0) is 14.4 Å². The minimum atomic E-state index is -0.971. The number of aliphatic hydroxyl groups excluding tert-OH is 1. The average Bonchev–Trinajstić information content (AvgIpc) is 3.13. The first kappa shape index (κ1) is 23.6. The minimum Gasteiger partial charge on any atom is -0.507 e. The van der Waals surface area contributed by atoms with Crippen molar-refractivity contribution in [2.45, 2.75) is 13.0 Å². The molecule has 2 amide bonds. The van der Waals surface area contributed by atoms with E-state index in [2.05, 4.69) is 5.32 Å². The molecule has 35 heavy (non-hydrogen) atoms. The molecule has 1 unspecified atom stereocenters. The van der Waals surface area contributed by atoms with Gasteiger partial charge in [-0.25, -0.2) is 0 Å². The van der Waals surface area contributed by atoms with Crippen molar-refractivity contribution in [3.05, 3.63) is 89.5 Å². The van der Waals surface area contributed by atoms with E-state index in [1.165, 1.54) is 26.0 Å². The number of ketones is 1. The van der Waals surface area contributed by atoms with Gasteiger partial charge in [0, 0.05) is 29.4 Å². The number of benzene rings is 3. The van der Waals surface area contributed by atoms with Crippen LogP contribution in [0.5, 0.6) is 11.5 Å². The Balaban J connectivity index is 1.94. The van der Waals surface area contributed by atoms with E-state index in [0.717, 1.165) is 0 Å². The van der Waals surface area contributed by atoms with Gasteiger partial charge < -0.3 is 19.9 Å². The molecule has 0 bridgehead atoms. The SMILES string of the molecule is COc1ccc(/C(O)=C2\C(=O)C(=O)N(c3cccc(NC(C)=O)c3)C2c2ccccc2OC)cc1. The quantitative estimate of drug-likeness (QED) is 0.315. The van der Waals surface area contributed by atoms with Crippen molar-refractivity contribution in [1.29, 1.82) is 0 Å². The van der Waals surface area contributed by atoms with E-state index in [9.17, 15) is 19.5 Å². The fourth-order valence-electron chi connectivity index (χ4n) is 4.13. The highest BCUT2D eigenvalue weighted by Gasteiger charge is 2.48. The molecule has 1 fully saturated rings. The summed E-state index contributed by atoms with van der Waals surface area (Å²) >= 11 is 0. The van der Waals surface area contributed by atoms with Crippen LogP contribution in [-0.4, -0.2) is 36.9 Å². The number of rotatable bonds is 6. The highest BCUT2D eigenvalue weighted by molar-refractivity contribution is 6.51. The number of anilines is 2. The molecular formula is C27H24N2O6. The van der Waals surface area contributed by atoms with Crippen LogP contribution in [0.1, 0.15) is 24.1 Å². The number of aliphatic hydroxyl groups is 1. The number of hydrogen-bond acceptors (Lipinski definition) is 6. The topological polar surface area (TPSA) is 105 Å². The summed E-state index contributed by atoms with van der Waals surface area (Å²) in [4.78, 5) is 39.6. The second-order valence-corrected chi connectivity index (χ2v) is 7.87. The molecule has 1 atom stereocenters. The van der Waals surface area contributed by atoms with Crippen LogP contribution in [0.3, 0.4) is 0 Å². The number of methoxy groups -OCH3 is 2. The monoisotopic (exact) mass is 472 g/mol. The van der Waals surface area contributed by atoms with Gasteiger partial charge in [-0.1, -0.05) is 24.3 Å². The summed E-state index contributed by atoms with van der Waals surface area (Å²) in [5.41, 5.74) is 1.65. The van der Waals surface area contributed by atoms with Gasteiger partial charge in [0.1, 0.15) is 17.3 Å². The lowest BCUT2D eigenvalue weighted by molar-refractivity contribution is -0.132. The number of nitrogens with zero attached hydrogens (tertiary/aromatic N) is 1. The lowest BCUT2D eigenvalue weighted by Gasteiger charge is -2.27. The molecule has 1 heterocycles. The largest absolute Gasteiger partial charge is 0.507 e. The summed E-state index contributed by atoms with van der Waals surface area (Å²) in [6.45, 7) is 1.38. The molecule has 1 aliphatic rings. The third-order valence-electron chi connectivity index (χ3n) is 5.69. The van der Waals surface area contributed by atoms with Crippen molar-refractivity contribution in [1.82, 2.24) is 0 Å². The lowest BCUT2D eigenvalue weighted by atomic mass is 9.94. The van der Waals surface area contributed by atoms with Gasteiger partial charge in [0.25, 0.3) is 11.7 Å². The summed E-state index contributed by atoms with van der Waals surface area (Å²) in [6, 6.07) is 19.2. The Kier molecular flexibility index (Phi) is 6.55. The van der Waals surface area contributed by atoms with E-state index in [0.29, 0.717) is 34.0 Å². The Labute approximate surface area is 202 Å². The van der Waals surface area contributed by atoms with Crippen molar-refractivity contribution in [2.75, 3.05) is 24.4 Å². The van der Waals surface area contributed by atoms with Crippen LogP contribution in [0.25, 0.3) is 5.76 Å². The van der Waals surface area contributed by atoms with Gasteiger partial charge in [-0.05, 0) is 48.5 Å². The third kappa shape index (κ3) is 4.46. The van der Waals surface area contributed by atoms with Crippen molar-refractivity contribution < 1.29 is 29.0 Å². The number of carbonyl (C=O) groups is 3. The molecule has 8 nitrogen and oxygen atoms in total. The maximum absolute atomic E-state index is 13.4. The van der Waals surface area contributed by atoms with Gasteiger partial charge in [0.15, 0.2) is 0 Å². The smallest absolute Gasteiger partial charge is 0.300 e. The van der Waals surface area contributed by atoms with E-state index in [1.807, 2.05) is 0 Å². The summed E-state index contributed by atoms with van der Waals surface area (Å²) < 4.78 is 10.7.